The van der Waals surface area contributed by atoms with Gasteiger partial charge >= 0.3 is 0 Å². The van der Waals surface area contributed by atoms with Gasteiger partial charge in [0.05, 0.1) is 25.1 Å². The van der Waals surface area contributed by atoms with Gasteiger partial charge in [-0.25, -0.2) is 4.98 Å². The number of anilines is 1. The maximum Gasteiger partial charge on any atom is 0.276 e. The first-order chi connectivity index (χ1) is 12.3. The first kappa shape index (κ1) is 15.4. The lowest BCUT2D eigenvalue weighted by molar-refractivity contribution is 0.296. The van der Waals surface area contributed by atoms with E-state index in [9.17, 15) is 0 Å². The molecule has 3 aromatic rings. The van der Waals surface area contributed by atoms with Crippen LogP contribution in [-0.4, -0.2) is 28.3 Å². The minimum absolute atomic E-state index is 0.419. The molecular weight excluding hydrogens is 320 g/mol. The summed E-state index contributed by atoms with van der Waals surface area (Å²) in [5, 5.41) is 7.12. The molecule has 0 fully saturated rings. The Labute approximate surface area is 145 Å². The molecule has 25 heavy (non-hydrogen) atoms. The normalized spacial score (nSPS) is 13.3. The zero-order valence-corrected chi connectivity index (χ0v) is 13.9. The molecule has 0 radical (unpaired) electrons. The standard InChI is InChI=1S/C18H18N4O3/c1-12-21-18(25-22-12)15-7-6-14(11-20-15)19-10-13-4-2-5-16-17(13)24-9-3-8-23-16/h2,4-7,11,19H,3,8-10H2,1H3. The Bertz CT molecular complexity index is 861. The minimum Gasteiger partial charge on any atom is -0.490 e. The van der Waals surface area contributed by atoms with Gasteiger partial charge in [0, 0.05) is 18.5 Å². The van der Waals surface area contributed by atoms with Gasteiger partial charge in [-0.15, -0.1) is 0 Å². The van der Waals surface area contributed by atoms with E-state index >= 15 is 0 Å². The first-order valence-electron chi connectivity index (χ1n) is 8.18. The quantitative estimate of drug-likeness (QED) is 0.782. The van der Waals surface area contributed by atoms with E-state index < -0.39 is 0 Å². The topological polar surface area (TPSA) is 82.3 Å². The van der Waals surface area contributed by atoms with Crippen LogP contribution in [0.25, 0.3) is 11.6 Å². The minimum atomic E-state index is 0.419. The summed E-state index contributed by atoms with van der Waals surface area (Å²) in [5.74, 6) is 2.63. The molecule has 128 valence electrons. The summed E-state index contributed by atoms with van der Waals surface area (Å²) >= 11 is 0. The van der Waals surface area contributed by atoms with Crippen LogP contribution in [0.2, 0.25) is 0 Å². The lowest BCUT2D eigenvalue weighted by Gasteiger charge is -2.13. The van der Waals surface area contributed by atoms with Crippen molar-refractivity contribution < 1.29 is 14.0 Å². The van der Waals surface area contributed by atoms with Crippen molar-refractivity contribution in [2.45, 2.75) is 19.9 Å². The van der Waals surface area contributed by atoms with Gasteiger partial charge in [-0.05, 0) is 25.1 Å². The number of nitrogens with one attached hydrogen (secondary N) is 1. The molecule has 4 rings (SSSR count). The predicted octanol–water partition coefficient (Wildman–Crippen LogP) is 3.21. The van der Waals surface area contributed by atoms with Gasteiger partial charge in [0.25, 0.3) is 5.89 Å². The number of fused-ring (bicyclic) bond motifs is 1. The molecule has 0 unspecified atom stereocenters. The van der Waals surface area contributed by atoms with Gasteiger partial charge in [0.15, 0.2) is 17.3 Å². The van der Waals surface area contributed by atoms with Crippen LogP contribution < -0.4 is 14.8 Å². The van der Waals surface area contributed by atoms with E-state index in [0.717, 1.165) is 29.2 Å². The van der Waals surface area contributed by atoms with Crippen molar-refractivity contribution in [3.63, 3.8) is 0 Å². The van der Waals surface area contributed by atoms with Crippen LogP contribution in [0.5, 0.6) is 11.5 Å². The van der Waals surface area contributed by atoms with Crippen molar-refractivity contribution in [3.8, 4) is 23.1 Å². The molecule has 7 heteroatoms. The number of benzene rings is 1. The van der Waals surface area contributed by atoms with Crippen molar-refractivity contribution >= 4 is 5.69 Å². The molecule has 1 N–H and O–H groups in total. The second kappa shape index (κ2) is 6.80. The number of pyridine rings is 1. The second-order valence-electron chi connectivity index (χ2n) is 5.73. The zero-order chi connectivity index (χ0) is 17.1. The van der Waals surface area contributed by atoms with E-state index in [4.69, 9.17) is 14.0 Å². The number of hydrogen-bond donors (Lipinski definition) is 1. The number of hydrogen-bond acceptors (Lipinski definition) is 7. The Hall–Kier alpha value is -3.09. The molecule has 0 atom stereocenters. The number of nitrogens with zero attached hydrogens (tertiary/aromatic N) is 3. The fraction of sp³-hybridized carbons (Fsp3) is 0.278. The van der Waals surface area contributed by atoms with Gasteiger partial charge < -0.3 is 19.3 Å². The number of aromatic nitrogens is 3. The van der Waals surface area contributed by atoms with Crippen molar-refractivity contribution in [1.29, 1.82) is 0 Å². The molecule has 0 spiro atoms. The zero-order valence-electron chi connectivity index (χ0n) is 13.9. The van der Waals surface area contributed by atoms with Crippen molar-refractivity contribution in [2.75, 3.05) is 18.5 Å². The van der Waals surface area contributed by atoms with Gasteiger partial charge in [-0.1, -0.05) is 17.3 Å². The Morgan fingerprint density at radius 3 is 2.84 bits per heavy atom. The van der Waals surface area contributed by atoms with Gasteiger partial charge in [-0.2, -0.15) is 4.98 Å². The van der Waals surface area contributed by atoms with Gasteiger partial charge in [0.1, 0.15) is 5.69 Å². The molecule has 0 aliphatic carbocycles. The van der Waals surface area contributed by atoms with Crippen LogP contribution in [0, 0.1) is 6.92 Å². The highest BCUT2D eigenvalue weighted by Gasteiger charge is 2.14. The highest BCUT2D eigenvalue weighted by atomic mass is 16.5. The summed E-state index contributed by atoms with van der Waals surface area (Å²) in [6, 6.07) is 9.72. The van der Waals surface area contributed by atoms with E-state index in [-0.39, 0.29) is 0 Å². The second-order valence-corrected chi connectivity index (χ2v) is 5.73. The van der Waals surface area contributed by atoms with Crippen molar-refractivity contribution in [3.05, 3.63) is 47.9 Å². The van der Waals surface area contributed by atoms with Crippen LogP contribution in [0.1, 0.15) is 17.8 Å². The van der Waals surface area contributed by atoms with Crippen molar-refractivity contribution in [1.82, 2.24) is 15.1 Å². The smallest absolute Gasteiger partial charge is 0.276 e. The molecule has 0 saturated heterocycles. The summed E-state index contributed by atoms with van der Waals surface area (Å²) in [7, 11) is 0. The number of aryl methyl sites for hydroxylation is 1. The molecule has 1 aliphatic heterocycles. The number of rotatable bonds is 4. The van der Waals surface area contributed by atoms with Gasteiger partial charge in [-0.3, -0.25) is 0 Å². The maximum atomic E-state index is 5.84. The fourth-order valence-electron chi connectivity index (χ4n) is 2.62. The number of ether oxygens (including phenoxy) is 2. The molecule has 0 saturated carbocycles. The summed E-state index contributed by atoms with van der Waals surface area (Å²) in [4.78, 5) is 8.53. The third-order valence-corrected chi connectivity index (χ3v) is 3.85. The molecule has 3 heterocycles. The summed E-state index contributed by atoms with van der Waals surface area (Å²) in [5.41, 5.74) is 2.60. The summed E-state index contributed by atoms with van der Waals surface area (Å²) < 4.78 is 16.7. The Morgan fingerprint density at radius 2 is 2.04 bits per heavy atom. The Kier molecular flexibility index (Phi) is 4.20. The highest BCUT2D eigenvalue weighted by molar-refractivity contribution is 5.53. The predicted molar refractivity (Wildman–Crippen MR) is 91.6 cm³/mol. The summed E-state index contributed by atoms with van der Waals surface area (Å²) in [6.07, 6.45) is 2.63. The van der Waals surface area contributed by atoms with Gasteiger partial charge in [0.2, 0.25) is 0 Å². The average molecular weight is 338 g/mol. The number of para-hydroxylation sites is 1. The highest BCUT2D eigenvalue weighted by Crippen LogP contribution is 2.33. The molecular formula is C18H18N4O3. The molecule has 1 aliphatic rings. The van der Waals surface area contributed by atoms with Crippen LogP contribution in [0.3, 0.4) is 0 Å². The van der Waals surface area contributed by atoms with E-state index in [2.05, 4.69) is 20.4 Å². The van der Waals surface area contributed by atoms with Crippen LogP contribution in [0.4, 0.5) is 5.69 Å². The molecule has 7 nitrogen and oxygen atoms in total. The molecule has 1 aromatic carbocycles. The lowest BCUT2D eigenvalue weighted by Crippen LogP contribution is -2.04. The fourth-order valence-corrected chi connectivity index (χ4v) is 2.62. The average Bonchev–Trinajstić information content (AvgIpc) is 2.93. The van der Waals surface area contributed by atoms with Crippen LogP contribution in [0.15, 0.2) is 41.1 Å². The Morgan fingerprint density at radius 1 is 1.12 bits per heavy atom. The Balaban J connectivity index is 1.47. The van der Waals surface area contributed by atoms with Crippen molar-refractivity contribution in [2.24, 2.45) is 0 Å². The SMILES string of the molecule is Cc1noc(-c2ccc(NCc3cccc4c3OCCCO4)cn2)n1. The molecule has 0 bridgehead atoms. The maximum absolute atomic E-state index is 5.84. The van der Waals surface area contributed by atoms with Crippen LogP contribution in [-0.2, 0) is 6.54 Å². The van der Waals surface area contributed by atoms with E-state index in [0.29, 0.717) is 37.2 Å². The van der Waals surface area contributed by atoms with E-state index in [1.807, 2.05) is 30.3 Å². The van der Waals surface area contributed by atoms with E-state index in [1.54, 1.807) is 13.1 Å². The van der Waals surface area contributed by atoms with Crippen LogP contribution >= 0.6 is 0 Å². The van der Waals surface area contributed by atoms with E-state index in [1.165, 1.54) is 0 Å². The molecule has 0 amide bonds. The third kappa shape index (κ3) is 3.40. The first-order valence-corrected chi connectivity index (χ1v) is 8.18. The summed E-state index contributed by atoms with van der Waals surface area (Å²) in [6.45, 7) is 3.75. The largest absolute Gasteiger partial charge is 0.490 e. The third-order valence-electron chi connectivity index (χ3n) is 3.85. The monoisotopic (exact) mass is 338 g/mol. The lowest BCUT2D eigenvalue weighted by atomic mass is 10.2. The molecule has 2 aromatic heterocycles.